The largest absolute Gasteiger partial charge is 0.385 e. The minimum absolute atomic E-state index is 0.0629. The fourth-order valence-corrected chi connectivity index (χ4v) is 5.57. The zero-order valence-electron chi connectivity index (χ0n) is 20.5. The Morgan fingerprint density at radius 1 is 1.08 bits per heavy atom. The van der Waals surface area contributed by atoms with Crippen molar-refractivity contribution in [3.05, 3.63) is 77.0 Å². The van der Waals surface area contributed by atoms with Crippen LogP contribution in [0.2, 0.25) is 0 Å². The highest BCUT2D eigenvalue weighted by molar-refractivity contribution is 6.03. The summed E-state index contributed by atoms with van der Waals surface area (Å²) in [5.41, 5.74) is 4.92. The van der Waals surface area contributed by atoms with Crippen LogP contribution in [0.3, 0.4) is 0 Å². The van der Waals surface area contributed by atoms with Gasteiger partial charge in [0.15, 0.2) is 0 Å². The number of rotatable bonds is 5. The van der Waals surface area contributed by atoms with Gasteiger partial charge in [0.1, 0.15) is 28.8 Å². The van der Waals surface area contributed by atoms with Gasteiger partial charge in [-0.3, -0.25) is 9.78 Å². The van der Waals surface area contributed by atoms with Crippen LogP contribution in [0.15, 0.2) is 42.7 Å². The molecule has 0 unspecified atom stereocenters. The monoisotopic (exact) mass is 510 g/mol. The number of nitrogens with two attached hydrogens (primary N) is 1. The van der Waals surface area contributed by atoms with Crippen LogP contribution in [-0.2, 0) is 5.60 Å². The Morgan fingerprint density at radius 2 is 1.81 bits per heavy atom. The van der Waals surface area contributed by atoms with E-state index in [1.54, 1.807) is 6.20 Å². The lowest BCUT2D eigenvalue weighted by Crippen LogP contribution is -2.33. The van der Waals surface area contributed by atoms with Gasteiger partial charge in [-0.05, 0) is 91.8 Å². The Bertz CT molecular complexity index is 1310. The van der Waals surface area contributed by atoms with E-state index in [-0.39, 0.29) is 23.2 Å². The Hall–Kier alpha value is -3.30. The third-order valence-electron chi connectivity index (χ3n) is 7.60. The third-order valence-corrected chi connectivity index (χ3v) is 7.60. The third kappa shape index (κ3) is 4.98. The molecule has 3 aromatic rings. The molecule has 0 bridgehead atoms. The summed E-state index contributed by atoms with van der Waals surface area (Å²) >= 11 is 0. The molecule has 2 aliphatic carbocycles. The van der Waals surface area contributed by atoms with Crippen LogP contribution < -0.4 is 11.1 Å². The van der Waals surface area contributed by atoms with E-state index in [0.717, 1.165) is 55.5 Å². The summed E-state index contributed by atoms with van der Waals surface area (Å²) in [5.74, 6) is -3.18. The number of hydrogen-bond acceptors (Lipinski definition) is 5. The summed E-state index contributed by atoms with van der Waals surface area (Å²) in [5, 5.41) is 13.2. The maximum Gasteiger partial charge on any atom is 0.274 e. The molecule has 5 rings (SSSR count). The van der Waals surface area contributed by atoms with Crippen LogP contribution in [0, 0.1) is 23.4 Å². The zero-order valence-corrected chi connectivity index (χ0v) is 20.5. The number of carbonyl (C=O) groups is 1. The number of aliphatic hydroxyl groups is 1. The van der Waals surface area contributed by atoms with Crippen LogP contribution in [0.4, 0.5) is 18.9 Å². The normalized spacial score (nSPS) is 22.8. The van der Waals surface area contributed by atoms with Gasteiger partial charge in [-0.25, -0.2) is 18.2 Å². The first kappa shape index (κ1) is 25.4. The van der Waals surface area contributed by atoms with Crippen molar-refractivity contribution in [1.82, 2.24) is 9.97 Å². The summed E-state index contributed by atoms with van der Waals surface area (Å²) in [7, 11) is 0. The second kappa shape index (κ2) is 9.87. The molecule has 0 aliphatic heterocycles. The molecule has 2 fully saturated rings. The highest BCUT2D eigenvalue weighted by Gasteiger charge is 2.37. The minimum Gasteiger partial charge on any atom is -0.385 e. The van der Waals surface area contributed by atoms with Gasteiger partial charge < -0.3 is 16.2 Å². The topological polar surface area (TPSA) is 101 Å². The summed E-state index contributed by atoms with van der Waals surface area (Å²) in [6, 6.07) is 6.02. The van der Waals surface area contributed by atoms with E-state index in [1.165, 1.54) is 6.20 Å². The number of nitrogens with one attached hydrogen (secondary N) is 1. The first-order valence-corrected chi connectivity index (χ1v) is 12.5. The summed E-state index contributed by atoms with van der Waals surface area (Å²) in [6.45, 7) is 2.15. The number of benzene rings is 1. The van der Waals surface area contributed by atoms with Crippen molar-refractivity contribution < 1.29 is 23.1 Å². The standard InChI is InChI=1S/C28H29F3N4O2/c1-15-9-16(11-18(32)10-15)19-5-8-33-14-24(19)35-27(36)23-4-3-20(29)26(34-23)25-21(30)12-17(13-22(25)31)28(37)6-2-7-28/h3-5,8,12-16,18,37H,2,6-7,9-11,32H2,1H3,(H,35,36)/t15-,16+,18-/m0/s1. The second-order valence-electron chi connectivity index (χ2n) is 10.4. The number of amides is 1. The molecule has 2 heterocycles. The van der Waals surface area contributed by atoms with Gasteiger partial charge in [-0.1, -0.05) is 6.92 Å². The molecule has 2 aromatic heterocycles. The molecular formula is C28H29F3N4O2. The predicted molar refractivity (Wildman–Crippen MR) is 133 cm³/mol. The van der Waals surface area contributed by atoms with Gasteiger partial charge in [0.05, 0.1) is 23.0 Å². The molecule has 1 aromatic carbocycles. The Kier molecular flexibility index (Phi) is 6.76. The van der Waals surface area contributed by atoms with Crippen molar-refractivity contribution in [2.24, 2.45) is 11.7 Å². The average Bonchev–Trinajstić information content (AvgIpc) is 2.82. The van der Waals surface area contributed by atoms with Crippen molar-refractivity contribution >= 4 is 11.6 Å². The van der Waals surface area contributed by atoms with E-state index < -0.39 is 40.2 Å². The first-order valence-electron chi connectivity index (χ1n) is 12.5. The minimum atomic E-state index is -1.28. The van der Waals surface area contributed by atoms with Crippen LogP contribution in [0.5, 0.6) is 0 Å². The van der Waals surface area contributed by atoms with Crippen molar-refractivity contribution in [3.63, 3.8) is 0 Å². The molecule has 4 N–H and O–H groups in total. The maximum atomic E-state index is 15.0. The fourth-order valence-electron chi connectivity index (χ4n) is 5.57. The van der Waals surface area contributed by atoms with Gasteiger partial charge >= 0.3 is 0 Å². The SMILES string of the molecule is C[C@@H]1C[C@H](N)C[C@H](c2ccncc2NC(=O)c2ccc(F)c(-c3c(F)cc(C4(O)CCC4)cc3F)n2)C1. The van der Waals surface area contributed by atoms with Gasteiger partial charge in [-0.15, -0.1) is 0 Å². The smallest absolute Gasteiger partial charge is 0.274 e. The summed E-state index contributed by atoms with van der Waals surface area (Å²) in [6.07, 6.45) is 7.37. The average molecular weight is 511 g/mol. The Morgan fingerprint density at radius 3 is 2.46 bits per heavy atom. The number of halogens is 3. The van der Waals surface area contributed by atoms with Crippen LogP contribution in [0.1, 0.15) is 73.0 Å². The number of nitrogens with zero attached hydrogens (tertiary/aromatic N) is 2. The Labute approximate surface area is 213 Å². The fraction of sp³-hybridized carbons (Fsp3) is 0.393. The van der Waals surface area contributed by atoms with Crippen molar-refractivity contribution in [2.75, 3.05) is 5.32 Å². The summed E-state index contributed by atoms with van der Waals surface area (Å²) < 4.78 is 44.7. The number of pyridine rings is 2. The first-order chi connectivity index (χ1) is 17.6. The van der Waals surface area contributed by atoms with E-state index >= 15 is 0 Å². The van der Waals surface area contributed by atoms with E-state index in [1.807, 2.05) is 6.07 Å². The van der Waals surface area contributed by atoms with Gasteiger partial charge in [-0.2, -0.15) is 0 Å². The molecule has 3 atom stereocenters. The number of hydrogen-bond donors (Lipinski definition) is 3. The van der Waals surface area contributed by atoms with Gasteiger partial charge in [0, 0.05) is 12.2 Å². The highest BCUT2D eigenvalue weighted by atomic mass is 19.1. The lowest BCUT2D eigenvalue weighted by molar-refractivity contribution is -0.0392. The predicted octanol–water partition coefficient (Wildman–Crippen LogP) is 5.42. The molecule has 194 valence electrons. The summed E-state index contributed by atoms with van der Waals surface area (Å²) in [4.78, 5) is 21.2. The Balaban J connectivity index is 1.44. The number of aromatic nitrogens is 2. The molecule has 1 amide bonds. The van der Waals surface area contributed by atoms with E-state index in [2.05, 4.69) is 22.2 Å². The van der Waals surface area contributed by atoms with E-state index in [0.29, 0.717) is 24.4 Å². The zero-order chi connectivity index (χ0) is 26.3. The van der Waals surface area contributed by atoms with Crippen LogP contribution in [0.25, 0.3) is 11.3 Å². The molecular weight excluding hydrogens is 481 g/mol. The van der Waals surface area contributed by atoms with E-state index in [9.17, 15) is 23.1 Å². The molecule has 37 heavy (non-hydrogen) atoms. The number of carbonyl (C=O) groups excluding carboxylic acids is 1. The van der Waals surface area contributed by atoms with Gasteiger partial charge in [0.2, 0.25) is 0 Å². The molecule has 2 aliphatic rings. The lowest BCUT2D eigenvalue weighted by Gasteiger charge is -2.37. The van der Waals surface area contributed by atoms with Crippen LogP contribution in [-0.4, -0.2) is 27.0 Å². The highest BCUT2D eigenvalue weighted by Crippen LogP contribution is 2.43. The molecule has 2 saturated carbocycles. The van der Waals surface area contributed by atoms with Crippen molar-refractivity contribution in [2.45, 2.75) is 63.0 Å². The quantitative estimate of drug-likeness (QED) is 0.426. The van der Waals surface area contributed by atoms with Gasteiger partial charge in [0.25, 0.3) is 5.91 Å². The van der Waals surface area contributed by atoms with E-state index in [4.69, 9.17) is 5.73 Å². The van der Waals surface area contributed by atoms with Crippen LogP contribution >= 0.6 is 0 Å². The second-order valence-corrected chi connectivity index (χ2v) is 10.4. The molecule has 6 nitrogen and oxygen atoms in total. The maximum absolute atomic E-state index is 15.0. The molecule has 9 heteroatoms. The molecule has 0 radical (unpaired) electrons. The van der Waals surface area contributed by atoms with Crippen molar-refractivity contribution in [3.8, 4) is 11.3 Å². The van der Waals surface area contributed by atoms with Crippen molar-refractivity contribution in [1.29, 1.82) is 0 Å². The molecule has 0 saturated heterocycles. The molecule has 0 spiro atoms. The number of anilines is 1. The lowest BCUT2D eigenvalue weighted by atomic mass is 9.75.